The molecule has 0 aliphatic carbocycles. The molecule has 3 nitrogen and oxygen atoms in total. The quantitative estimate of drug-likeness (QED) is 0.768. The SMILES string of the molecule is COc1cccc(CC[NH2+]Cc2ccco2)c1. The second-order valence-corrected chi connectivity index (χ2v) is 3.96. The Morgan fingerprint density at radius 3 is 2.94 bits per heavy atom. The van der Waals surface area contributed by atoms with E-state index in [2.05, 4.69) is 17.4 Å². The van der Waals surface area contributed by atoms with Crippen LogP contribution in [0.15, 0.2) is 47.1 Å². The normalized spacial score (nSPS) is 10.4. The highest BCUT2D eigenvalue weighted by Gasteiger charge is 2.00. The van der Waals surface area contributed by atoms with Crippen molar-refractivity contribution in [1.82, 2.24) is 0 Å². The number of nitrogens with two attached hydrogens (primary N) is 1. The van der Waals surface area contributed by atoms with Gasteiger partial charge in [-0.05, 0) is 29.8 Å². The fourth-order valence-corrected chi connectivity index (χ4v) is 1.77. The van der Waals surface area contributed by atoms with E-state index < -0.39 is 0 Å². The molecule has 2 N–H and O–H groups in total. The number of rotatable bonds is 6. The van der Waals surface area contributed by atoms with Crippen LogP contribution in [0.2, 0.25) is 0 Å². The molecule has 1 aromatic carbocycles. The van der Waals surface area contributed by atoms with Gasteiger partial charge in [0.2, 0.25) is 0 Å². The summed E-state index contributed by atoms with van der Waals surface area (Å²) in [7, 11) is 1.70. The number of ether oxygens (including phenoxy) is 1. The standard InChI is InChI=1S/C14H17NO2/c1-16-13-5-2-4-12(10-13)7-8-15-11-14-6-3-9-17-14/h2-6,9-10,15H,7-8,11H2,1H3/p+1. The molecule has 0 bridgehead atoms. The van der Waals surface area contributed by atoms with E-state index in [4.69, 9.17) is 9.15 Å². The maximum Gasteiger partial charge on any atom is 0.157 e. The highest BCUT2D eigenvalue weighted by atomic mass is 16.5. The topological polar surface area (TPSA) is 39.0 Å². The van der Waals surface area contributed by atoms with Gasteiger partial charge in [-0.2, -0.15) is 0 Å². The second-order valence-electron chi connectivity index (χ2n) is 3.96. The molecule has 0 spiro atoms. The molecule has 0 saturated carbocycles. The molecule has 0 unspecified atom stereocenters. The van der Waals surface area contributed by atoms with E-state index in [0.717, 1.165) is 31.0 Å². The van der Waals surface area contributed by atoms with Crippen LogP contribution in [-0.2, 0) is 13.0 Å². The zero-order valence-corrected chi connectivity index (χ0v) is 10.1. The number of quaternary nitrogens is 1. The third-order valence-corrected chi connectivity index (χ3v) is 2.70. The van der Waals surface area contributed by atoms with Crippen molar-refractivity contribution < 1.29 is 14.5 Å². The number of furan rings is 1. The van der Waals surface area contributed by atoms with Gasteiger partial charge in [0.1, 0.15) is 12.3 Å². The lowest BCUT2D eigenvalue weighted by molar-refractivity contribution is -0.671. The smallest absolute Gasteiger partial charge is 0.157 e. The maximum absolute atomic E-state index is 5.27. The Bertz CT molecular complexity index is 437. The van der Waals surface area contributed by atoms with Crippen LogP contribution in [-0.4, -0.2) is 13.7 Å². The average Bonchev–Trinajstić information content (AvgIpc) is 2.88. The Morgan fingerprint density at radius 1 is 1.24 bits per heavy atom. The maximum atomic E-state index is 5.27. The monoisotopic (exact) mass is 232 g/mol. The van der Waals surface area contributed by atoms with Crippen molar-refractivity contribution in [3.8, 4) is 5.75 Å². The Kier molecular flexibility index (Phi) is 4.22. The Hall–Kier alpha value is -1.74. The summed E-state index contributed by atoms with van der Waals surface area (Å²) in [6, 6.07) is 12.1. The van der Waals surface area contributed by atoms with Gasteiger partial charge in [-0.15, -0.1) is 0 Å². The van der Waals surface area contributed by atoms with E-state index in [-0.39, 0.29) is 0 Å². The van der Waals surface area contributed by atoms with Gasteiger partial charge in [-0.1, -0.05) is 12.1 Å². The minimum absolute atomic E-state index is 0.900. The molecule has 0 fully saturated rings. The second kappa shape index (κ2) is 6.11. The lowest BCUT2D eigenvalue weighted by Gasteiger charge is -2.03. The first kappa shape index (κ1) is 11.7. The van der Waals surface area contributed by atoms with E-state index in [1.807, 2.05) is 24.3 Å². The first-order valence-corrected chi connectivity index (χ1v) is 5.85. The molecule has 17 heavy (non-hydrogen) atoms. The fourth-order valence-electron chi connectivity index (χ4n) is 1.77. The van der Waals surface area contributed by atoms with Crippen LogP contribution >= 0.6 is 0 Å². The van der Waals surface area contributed by atoms with E-state index in [1.54, 1.807) is 13.4 Å². The summed E-state index contributed by atoms with van der Waals surface area (Å²) in [5, 5.41) is 2.25. The van der Waals surface area contributed by atoms with E-state index in [0.29, 0.717) is 0 Å². The number of benzene rings is 1. The van der Waals surface area contributed by atoms with Gasteiger partial charge in [0.05, 0.1) is 19.9 Å². The van der Waals surface area contributed by atoms with Crippen LogP contribution in [0, 0.1) is 0 Å². The molecule has 0 aliphatic rings. The molecule has 90 valence electrons. The van der Waals surface area contributed by atoms with Gasteiger partial charge in [-0.3, -0.25) is 0 Å². The molecular formula is C14H18NO2+. The molecule has 0 amide bonds. The highest BCUT2D eigenvalue weighted by molar-refractivity contribution is 5.28. The molecule has 2 rings (SSSR count). The van der Waals surface area contributed by atoms with Gasteiger partial charge in [-0.25, -0.2) is 0 Å². The molecule has 1 heterocycles. The van der Waals surface area contributed by atoms with Gasteiger partial charge in [0.25, 0.3) is 0 Å². The molecule has 0 aliphatic heterocycles. The average molecular weight is 232 g/mol. The van der Waals surface area contributed by atoms with Crippen molar-refractivity contribution in [2.24, 2.45) is 0 Å². The van der Waals surface area contributed by atoms with Crippen LogP contribution < -0.4 is 10.1 Å². The molecule has 1 aromatic heterocycles. The number of methoxy groups -OCH3 is 1. The molecule has 0 saturated heterocycles. The third kappa shape index (κ3) is 3.64. The van der Waals surface area contributed by atoms with Crippen molar-refractivity contribution in [2.45, 2.75) is 13.0 Å². The predicted octanol–water partition coefficient (Wildman–Crippen LogP) is 1.59. The summed E-state index contributed by atoms with van der Waals surface area (Å²) < 4.78 is 10.5. The van der Waals surface area contributed by atoms with Crippen LogP contribution in [0.4, 0.5) is 0 Å². The molecule has 3 heteroatoms. The van der Waals surface area contributed by atoms with Crippen molar-refractivity contribution >= 4 is 0 Å². The molecule has 0 atom stereocenters. The lowest BCUT2D eigenvalue weighted by Crippen LogP contribution is -2.83. The van der Waals surface area contributed by atoms with Gasteiger partial charge in [0, 0.05) is 6.42 Å². The summed E-state index contributed by atoms with van der Waals surface area (Å²) in [6.07, 6.45) is 2.75. The van der Waals surface area contributed by atoms with Crippen molar-refractivity contribution in [2.75, 3.05) is 13.7 Å². The van der Waals surface area contributed by atoms with Gasteiger partial charge >= 0.3 is 0 Å². The summed E-state index contributed by atoms with van der Waals surface area (Å²) in [5.41, 5.74) is 1.31. The molecule has 2 aromatic rings. The third-order valence-electron chi connectivity index (χ3n) is 2.70. The van der Waals surface area contributed by atoms with Crippen LogP contribution in [0.1, 0.15) is 11.3 Å². The first-order chi connectivity index (χ1) is 8.38. The zero-order valence-electron chi connectivity index (χ0n) is 10.1. The number of hydrogen-bond acceptors (Lipinski definition) is 2. The van der Waals surface area contributed by atoms with E-state index in [1.165, 1.54) is 5.56 Å². The summed E-state index contributed by atoms with van der Waals surface area (Å²) in [4.78, 5) is 0. The highest BCUT2D eigenvalue weighted by Crippen LogP contribution is 2.12. The van der Waals surface area contributed by atoms with Crippen LogP contribution in [0.3, 0.4) is 0 Å². The van der Waals surface area contributed by atoms with E-state index in [9.17, 15) is 0 Å². The molecule has 0 radical (unpaired) electrons. The Morgan fingerprint density at radius 2 is 2.18 bits per heavy atom. The Labute approximate surface area is 101 Å². The van der Waals surface area contributed by atoms with E-state index >= 15 is 0 Å². The summed E-state index contributed by atoms with van der Waals surface area (Å²) in [5.74, 6) is 1.95. The van der Waals surface area contributed by atoms with Crippen molar-refractivity contribution in [3.63, 3.8) is 0 Å². The van der Waals surface area contributed by atoms with Crippen LogP contribution in [0.25, 0.3) is 0 Å². The minimum atomic E-state index is 0.900. The number of hydrogen-bond donors (Lipinski definition) is 1. The predicted molar refractivity (Wildman–Crippen MR) is 65.9 cm³/mol. The van der Waals surface area contributed by atoms with Crippen LogP contribution in [0.5, 0.6) is 5.75 Å². The first-order valence-electron chi connectivity index (χ1n) is 5.85. The van der Waals surface area contributed by atoms with Gasteiger partial charge < -0.3 is 14.5 Å². The summed E-state index contributed by atoms with van der Waals surface area (Å²) in [6.45, 7) is 1.95. The Balaban J connectivity index is 1.74. The van der Waals surface area contributed by atoms with Crippen molar-refractivity contribution in [1.29, 1.82) is 0 Å². The largest absolute Gasteiger partial charge is 0.497 e. The zero-order chi connectivity index (χ0) is 11.9. The van der Waals surface area contributed by atoms with Crippen molar-refractivity contribution in [3.05, 3.63) is 54.0 Å². The fraction of sp³-hybridized carbons (Fsp3) is 0.286. The lowest BCUT2D eigenvalue weighted by atomic mass is 10.1. The molecular weight excluding hydrogens is 214 g/mol. The summed E-state index contributed by atoms with van der Waals surface area (Å²) >= 11 is 0. The minimum Gasteiger partial charge on any atom is -0.497 e. The van der Waals surface area contributed by atoms with Gasteiger partial charge in [0.15, 0.2) is 5.76 Å².